The number of carbonyl (C=O) groups excluding carboxylic acids is 1. The molecule has 0 saturated carbocycles. The fraction of sp³-hybridized carbons (Fsp3) is 0.533. The fourth-order valence-electron chi connectivity index (χ4n) is 1.78. The number of ether oxygens (including phenoxy) is 1. The van der Waals surface area contributed by atoms with Gasteiger partial charge in [-0.2, -0.15) is 0 Å². The van der Waals surface area contributed by atoms with Crippen molar-refractivity contribution in [3.8, 4) is 5.75 Å². The van der Waals surface area contributed by atoms with E-state index in [4.69, 9.17) is 4.74 Å². The molecule has 1 amide bonds. The van der Waals surface area contributed by atoms with E-state index in [0.29, 0.717) is 5.75 Å². The number of nitrogens with zero attached hydrogens (tertiary/aromatic N) is 1. The molecule has 1 aromatic carbocycles. The second kappa shape index (κ2) is 9.26. The van der Waals surface area contributed by atoms with Crippen molar-refractivity contribution in [1.82, 2.24) is 4.90 Å². The van der Waals surface area contributed by atoms with Gasteiger partial charge in [-0.15, -0.1) is 0 Å². The van der Waals surface area contributed by atoms with Crippen LogP contribution in [0.3, 0.4) is 0 Å². The zero-order chi connectivity index (χ0) is 19.2. The average molecular weight is 380 g/mol. The summed E-state index contributed by atoms with van der Waals surface area (Å²) in [7, 11) is -0.0274. The van der Waals surface area contributed by atoms with E-state index < -0.39 is 10.4 Å². The maximum atomic E-state index is 11.7. The van der Waals surface area contributed by atoms with Crippen LogP contribution in [0.5, 0.6) is 5.75 Å². The van der Waals surface area contributed by atoms with E-state index in [1.54, 1.807) is 14.1 Å². The van der Waals surface area contributed by atoms with Crippen LogP contribution in [-0.2, 0) is 25.5 Å². The van der Waals surface area contributed by atoms with Gasteiger partial charge in [-0.3, -0.25) is 4.18 Å². The number of amides is 1. The van der Waals surface area contributed by atoms with E-state index in [0.717, 1.165) is 18.2 Å². The molecule has 0 unspecified atom stereocenters. The van der Waals surface area contributed by atoms with Crippen molar-refractivity contribution >= 4 is 27.4 Å². The third-order valence-corrected chi connectivity index (χ3v) is 4.89. The molecule has 1 aromatic rings. The molecule has 24 heavy (non-hydrogen) atoms. The lowest BCUT2D eigenvalue weighted by Crippen LogP contribution is -2.26. The highest BCUT2D eigenvalue weighted by atomic mass is 32.3. The topological polar surface area (TPSA) is 96.0 Å². The molecule has 0 saturated heterocycles. The zero-order valence-corrected chi connectivity index (χ0v) is 16.9. The molecule has 0 bridgehead atoms. The highest BCUT2D eigenvalue weighted by Crippen LogP contribution is 2.31. The maximum absolute atomic E-state index is 11.7. The van der Waals surface area contributed by atoms with Crippen LogP contribution in [-0.4, -0.2) is 57.7 Å². The predicted octanol–water partition coefficient (Wildman–Crippen LogP) is 2.00. The SMILES string of the molecule is COS(=O)(=O)[O-].Cc1cc([S+](C)C)c(C)c(C)c1OC(=O)N(C)C. The van der Waals surface area contributed by atoms with Crippen LogP contribution >= 0.6 is 0 Å². The van der Waals surface area contributed by atoms with Gasteiger partial charge in [0.05, 0.1) is 7.11 Å². The van der Waals surface area contributed by atoms with Gasteiger partial charge >= 0.3 is 6.09 Å². The Labute approximate surface area is 147 Å². The van der Waals surface area contributed by atoms with Gasteiger partial charge in [0.1, 0.15) is 18.3 Å². The zero-order valence-electron chi connectivity index (χ0n) is 15.3. The minimum Gasteiger partial charge on any atom is -0.726 e. The molecule has 1 rings (SSSR count). The van der Waals surface area contributed by atoms with E-state index in [-0.39, 0.29) is 17.0 Å². The Morgan fingerprint density at radius 1 is 1.17 bits per heavy atom. The molecule has 0 spiro atoms. The number of hydrogen-bond donors (Lipinski definition) is 0. The summed E-state index contributed by atoms with van der Waals surface area (Å²) >= 11 is 0. The Morgan fingerprint density at radius 3 is 1.96 bits per heavy atom. The van der Waals surface area contributed by atoms with Crippen LogP contribution in [0.2, 0.25) is 0 Å². The summed E-state index contributed by atoms with van der Waals surface area (Å²) < 4.78 is 36.5. The maximum Gasteiger partial charge on any atom is 0.414 e. The van der Waals surface area contributed by atoms with Gasteiger partial charge in [0.15, 0.2) is 4.90 Å². The first-order valence-electron chi connectivity index (χ1n) is 6.90. The monoisotopic (exact) mass is 379 g/mol. The molecular weight excluding hydrogens is 354 g/mol. The summed E-state index contributed by atoms with van der Waals surface area (Å²) in [4.78, 5) is 14.4. The van der Waals surface area contributed by atoms with Gasteiger partial charge in [-0.25, -0.2) is 13.2 Å². The highest BCUT2D eigenvalue weighted by Gasteiger charge is 2.21. The first-order chi connectivity index (χ1) is 10.8. The van der Waals surface area contributed by atoms with E-state index in [2.05, 4.69) is 29.7 Å². The molecular formula is C15H25NO6S2. The first-order valence-corrected chi connectivity index (χ1v) is 10.3. The van der Waals surface area contributed by atoms with Crippen molar-refractivity contribution in [2.75, 3.05) is 33.7 Å². The Hall–Kier alpha value is -1.29. The Morgan fingerprint density at radius 2 is 1.62 bits per heavy atom. The number of benzene rings is 1. The molecule has 0 atom stereocenters. The molecule has 0 aliphatic heterocycles. The third kappa shape index (κ3) is 7.08. The molecule has 0 aromatic heterocycles. The summed E-state index contributed by atoms with van der Waals surface area (Å²) in [5, 5.41) is 0. The molecule has 0 radical (unpaired) electrons. The fourth-order valence-corrected chi connectivity index (χ4v) is 2.96. The molecule has 9 heteroatoms. The molecule has 7 nitrogen and oxygen atoms in total. The van der Waals surface area contributed by atoms with Crippen molar-refractivity contribution in [2.45, 2.75) is 25.7 Å². The molecule has 0 fully saturated rings. The number of hydrogen-bond acceptors (Lipinski definition) is 6. The summed E-state index contributed by atoms with van der Waals surface area (Å²) in [6, 6.07) is 2.13. The van der Waals surface area contributed by atoms with Crippen molar-refractivity contribution in [3.63, 3.8) is 0 Å². The van der Waals surface area contributed by atoms with Gasteiger partial charge < -0.3 is 14.2 Å². The molecule has 0 heterocycles. The molecule has 0 aliphatic rings. The van der Waals surface area contributed by atoms with E-state index >= 15 is 0 Å². The van der Waals surface area contributed by atoms with Crippen LogP contribution in [0.25, 0.3) is 0 Å². The molecule has 0 aliphatic carbocycles. The van der Waals surface area contributed by atoms with Gasteiger partial charge in [-0.05, 0) is 26.3 Å². The average Bonchev–Trinajstić information content (AvgIpc) is 2.46. The quantitative estimate of drug-likeness (QED) is 0.453. The number of aryl methyl sites for hydroxylation is 1. The van der Waals surface area contributed by atoms with E-state index in [1.807, 2.05) is 13.8 Å². The van der Waals surface area contributed by atoms with E-state index in [1.165, 1.54) is 15.4 Å². The number of rotatable bonds is 3. The Bertz CT molecular complexity index is 684. The van der Waals surface area contributed by atoms with E-state index in [9.17, 15) is 17.8 Å². The van der Waals surface area contributed by atoms with Crippen LogP contribution in [0.15, 0.2) is 11.0 Å². The molecule has 0 N–H and O–H groups in total. The van der Waals surface area contributed by atoms with Gasteiger partial charge in [0.2, 0.25) is 10.4 Å². The lowest BCUT2D eigenvalue weighted by Gasteiger charge is -2.16. The van der Waals surface area contributed by atoms with Crippen LogP contribution in [0.4, 0.5) is 4.79 Å². The van der Waals surface area contributed by atoms with Gasteiger partial charge in [0.25, 0.3) is 0 Å². The van der Waals surface area contributed by atoms with Crippen LogP contribution in [0.1, 0.15) is 16.7 Å². The number of carbonyl (C=O) groups is 1. The van der Waals surface area contributed by atoms with Gasteiger partial charge in [0, 0.05) is 42.2 Å². The standard InChI is InChI=1S/C14H22NO2S.CH4O4S/c1-9-8-12(18(6)7)10(2)11(3)13(9)17-14(16)15(4)5;1-5-6(2,3)4/h8H,1-7H3;1H3,(H,2,3,4)/q+1;/p-1. The first kappa shape index (κ1) is 22.7. The van der Waals surface area contributed by atoms with Gasteiger partial charge in [-0.1, -0.05) is 0 Å². The highest BCUT2D eigenvalue weighted by molar-refractivity contribution is 7.95. The second-order valence-corrected chi connectivity index (χ2v) is 8.65. The third-order valence-electron chi connectivity index (χ3n) is 3.18. The predicted molar refractivity (Wildman–Crippen MR) is 94.5 cm³/mol. The van der Waals surface area contributed by atoms with Crippen molar-refractivity contribution in [3.05, 3.63) is 22.8 Å². The summed E-state index contributed by atoms with van der Waals surface area (Å²) in [5.74, 6) is 0.695. The molecule has 138 valence electrons. The Kier molecular flexibility index (Phi) is 8.76. The van der Waals surface area contributed by atoms with Crippen molar-refractivity contribution < 1.29 is 26.7 Å². The Balaban J connectivity index is 0.000000754. The summed E-state index contributed by atoms with van der Waals surface area (Å²) in [6.45, 7) is 6.09. The summed E-state index contributed by atoms with van der Waals surface area (Å²) in [6.07, 6.45) is 4.07. The lowest BCUT2D eigenvalue weighted by molar-refractivity contribution is 0.171. The normalized spacial score (nSPS) is 10.9. The van der Waals surface area contributed by atoms with Crippen molar-refractivity contribution in [2.24, 2.45) is 0 Å². The summed E-state index contributed by atoms with van der Waals surface area (Å²) in [5.41, 5.74) is 3.29. The largest absolute Gasteiger partial charge is 0.726 e. The lowest BCUT2D eigenvalue weighted by atomic mass is 10.1. The minimum atomic E-state index is -4.41. The smallest absolute Gasteiger partial charge is 0.414 e. The minimum absolute atomic E-state index is 0.208. The second-order valence-electron chi connectivity index (χ2n) is 5.42. The van der Waals surface area contributed by atoms with Crippen LogP contribution in [0, 0.1) is 20.8 Å². The van der Waals surface area contributed by atoms with Crippen molar-refractivity contribution in [1.29, 1.82) is 0 Å². The van der Waals surface area contributed by atoms with Crippen LogP contribution < -0.4 is 4.74 Å².